The fourth-order valence-corrected chi connectivity index (χ4v) is 1.14. The summed E-state index contributed by atoms with van der Waals surface area (Å²) in [6, 6.07) is 2.44. The molecule has 62 valence electrons. The van der Waals surface area contributed by atoms with Gasteiger partial charge < -0.3 is 10.5 Å². The van der Waals surface area contributed by atoms with E-state index in [-0.39, 0.29) is 0 Å². The van der Waals surface area contributed by atoms with Crippen molar-refractivity contribution >= 4 is 0 Å². The van der Waals surface area contributed by atoms with Crippen molar-refractivity contribution in [2.45, 2.75) is 37.8 Å². The van der Waals surface area contributed by atoms with E-state index in [1.165, 1.54) is 0 Å². The predicted molar refractivity (Wildman–Crippen MR) is 41.8 cm³/mol. The number of ether oxygens (including phenoxy) is 1. The van der Waals surface area contributed by atoms with Gasteiger partial charge in [0.05, 0.1) is 12.2 Å². The zero-order valence-electron chi connectivity index (χ0n) is 6.62. The maximum absolute atomic E-state index is 8.22. The highest BCUT2D eigenvalue weighted by molar-refractivity contribution is 4.82. The molecule has 0 amide bonds. The van der Waals surface area contributed by atoms with Crippen molar-refractivity contribution in [3.63, 3.8) is 0 Å². The van der Waals surface area contributed by atoms with Gasteiger partial charge >= 0.3 is 0 Å². The summed E-state index contributed by atoms with van der Waals surface area (Å²) in [6.07, 6.45) is 3.81. The molecule has 11 heavy (non-hydrogen) atoms. The van der Waals surface area contributed by atoms with Crippen molar-refractivity contribution in [2.24, 2.45) is 5.73 Å². The van der Waals surface area contributed by atoms with E-state index < -0.39 is 0 Å². The first-order chi connectivity index (χ1) is 5.33. The molecule has 3 heteroatoms. The standard InChI is InChI=1S/C8H14N2O/c9-3-1-2-4-11-8-5-7(10)6-8/h7-8H,1-2,4-6,10H2. The number of unbranched alkanes of at least 4 members (excludes halogenated alkanes) is 1. The topological polar surface area (TPSA) is 59.0 Å². The Morgan fingerprint density at radius 3 is 2.82 bits per heavy atom. The van der Waals surface area contributed by atoms with Gasteiger partial charge in [0.25, 0.3) is 0 Å². The third-order valence-corrected chi connectivity index (χ3v) is 1.92. The van der Waals surface area contributed by atoms with Crippen molar-refractivity contribution in [3.05, 3.63) is 0 Å². The molecule has 0 aromatic carbocycles. The molecule has 0 unspecified atom stereocenters. The Kier molecular flexibility index (Phi) is 3.34. The van der Waals surface area contributed by atoms with Gasteiger partial charge in [-0.1, -0.05) is 0 Å². The van der Waals surface area contributed by atoms with E-state index >= 15 is 0 Å². The molecule has 0 saturated heterocycles. The molecule has 1 rings (SSSR count). The van der Waals surface area contributed by atoms with Gasteiger partial charge in [-0.2, -0.15) is 5.26 Å². The van der Waals surface area contributed by atoms with Crippen LogP contribution < -0.4 is 5.73 Å². The molecule has 0 spiro atoms. The number of rotatable bonds is 4. The van der Waals surface area contributed by atoms with Gasteiger partial charge in [-0.3, -0.25) is 0 Å². The van der Waals surface area contributed by atoms with Gasteiger partial charge in [0.2, 0.25) is 0 Å². The molecule has 3 nitrogen and oxygen atoms in total. The van der Waals surface area contributed by atoms with E-state index in [2.05, 4.69) is 6.07 Å². The lowest BCUT2D eigenvalue weighted by Crippen LogP contribution is -2.41. The molecule has 0 heterocycles. The Labute approximate surface area is 67.1 Å². The number of nitrogens with zero attached hydrogens (tertiary/aromatic N) is 1. The molecule has 1 fully saturated rings. The largest absolute Gasteiger partial charge is 0.378 e. The summed E-state index contributed by atoms with van der Waals surface area (Å²) in [7, 11) is 0. The van der Waals surface area contributed by atoms with Crippen LogP contribution in [0.5, 0.6) is 0 Å². The van der Waals surface area contributed by atoms with Crippen LogP contribution in [0.15, 0.2) is 0 Å². The molecule has 0 radical (unpaired) electrons. The quantitative estimate of drug-likeness (QED) is 0.609. The first-order valence-electron chi connectivity index (χ1n) is 4.07. The zero-order chi connectivity index (χ0) is 8.10. The molecule has 1 aliphatic carbocycles. The lowest BCUT2D eigenvalue weighted by Gasteiger charge is -2.32. The molecular weight excluding hydrogens is 140 g/mol. The Bertz CT molecular complexity index is 147. The van der Waals surface area contributed by atoms with Crippen LogP contribution in [0, 0.1) is 11.3 Å². The van der Waals surface area contributed by atoms with Crippen LogP contribution in [0.1, 0.15) is 25.7 Å². The maximum atomic E-state index is 8.22. The van der Waals surface area contributed by atoms with Gasteiger partial charge in [-0.05, 0) is 19.3 Å². The lowest BCUT2D eigenvalue weighted by atomic mass is 9.90. The van der Waals surface area contributed by atoms with Crippen LogP contribution in [0.4, 0.5) is 0 Å². The van der Waals surface area contributed by atoms with Gasteiger partial charge in [0.15, 0.2) is 0 Å². The molecule has 0 bridgehead atoms. The lowest BCUT2D eigenvalue weighted by molar-refractivity contribution is -0.00878. The fourth-order valence-electron chi connectivity index (χ4n) is 1.14. The van der Waals surface area contributed by atoms with Crippen molar-refractivity contribution in [1.82, 2.24) is 0 Å². The predicted octanol–water partition coefficient (Wildman–Crippen LogP) is 0.796. The second kappa shape index (κ2) is 4.32. The summed E-state index contributed by atoms with van der Waals surface area (Å²) < 4.78 is 5.42. The first-order valence-corrected chi connectivity index (χ1v) is 4.07. The van der Waals surface area contributed by atoms with E-state index in [1.807, 2.05) is 0 Å². The van der Waals surface area contributed by atoms with Crippen LogP contribution in [0.2, 0.25) is 0 Å². The Morgan fingerprint density at radius 1 is 1.55 bits per heavy atom. The minimum atomic E-state index is 0.357. The summed E-state index contributed by atoms with van der Waals surface area (Å²) >= 11 is 0. The van der Waals surface area contributed by atoms with Crippen molar-refractivity contribution in [1.29, 1.82) is 5.26 Å². The number of nitrogens with two attached hydrogens (primary N) is 1. The highest BCUT2D eigenvalue weighted by Gasteiger charge is 2.25. The van der Waals surface area contributed by atoms with Crippen molar-refractivity contribution < 1.29 is 4.74 Å². The molecule has 2 N–H and O–H groups in total. The average Bonchev–Trinajstić information content (AvgIpc) is 1.94. The maximum Gasteiger partial charge on any atom is 0.0622 e. The van der Waals surface area contributed by atoms with Crippen LogP contribution in [0.25, 0.3) is 0 Å². The summed E-state index contributed by atoms with van der Waals surface area (Å²) in [5.41, 5.74) is 5.57. The molecule has 0 aliphatic heterocycles. The van der Waals surface area contributed by atoms with Crippen LogP contribution >= 0.6 is 0 Å². The minimum Gasteiger partial charge on any atom is -0.378 e. The Hall–Kier alpha value is -0.590. The van der Waals surface area contributed by atoms with Gasteiger partial charge in [-0.15, -0.1) is 0 Å². The van der Waals surface area contributed by atoms with E-state index in [0.717, 1.165) is 19.3 Å². The van der Waals surface area contributed by atoms with Gasteiger partial charge in [-0.25, -0.2) is 0 Å². The Balaban J connectivity index is 1.86. The van der Waals surface area contributed by atoms with Gasteiger partial charge in [0.1, 0.15) is 0 Å². The Morgan fingerprint density at radius 2 is 2.27 bits per heavy atom. The van der Waals surface area contributed by atoms with Gasteiger partial charge in [0, 0.05) is 19.1 Å². The second-order valence-electron chi connectivity index (χ2n) is 2.99. The van der Waals surface area contributed by atoms with Crippen LogP contribution in [-0.2, 0) is 4.74 Å². The zero-order valence-corrected chi connectivity index (χ0v) is 6.62. The number of nitriles is 1. The van der Waals surface area contributed by atoms with Crippen molar-refractivity contribution in [2.75, 3.05) is 6.61 Å². The van der Waals surface area contributed by atoms with E-state index in [1.54, 1.807) is 0 Å². The van der Waals surface area contributed by atoms with E-state index in [0.29, 0.717) is 25.2 Å². The summed E-state index contributed by atoms with van der Waals surface area (Å²) in [4.78, 5) is 0. The number of hydrogen-bond donors (Lipinski definition) is 1. The third kappa shape index (κ3) is 2.87. The molecule has 0 aromatic rings. The SMILES string of the molecule is N#CCCCOC1CC(N)C1. The summed E-state index contributed by atoms with van der Waals surface area (Å²) in [5, 5.41) is 8.22. The highest BCUT2D eigenvalue weighted by Crippen LogP contribution is 2.21. The second-order valence-corrected chi connectivity index (χ2v) is 2.99. The highest BCUT2D eigenvalue weighted by atomic mass is 16.5. The number of hydrogen-bond acceptors (Lipinski definition) is 3. The third-order valence-electron chi connectivity index (χ3n) is 1.92. The minimum absolute atomic E-state index is 0.357. The van der Waals surface area contributed by atoms with Crippen LogP contribution in [0.3, 0.4) is 0 Å². The molecule has 0 atom stereocenters. The van der Waals surface area contributed by atoms with E-state index in [4.69, 9.17) is 15.7 Å². The van der Waals surface area contributed by atoms with Crippen molar-refractivity contribution in [3.8, 4) is 6.07 Å². The molecular formula is C8H14N2O. The molecule has 1 saturated carbocycles. The average molecular weight is 154 g/mol. The summed E-state index contributed by atoms with van der Waals surface area (Å²) in [6.45, 7) is 0.713. The first kappa shape index (κ1) is 8.51. The summed E-state index contributed by atoms with van der Waals surface area (Å²) in [5.74, 6) is 0. The molecule has 1 aliphatic rings. The monoisotopic (exact) mass is 154 g/mol. The van der Waals surface area contributed by atoms with E-state index in [9.17, 15) is 0 Å². The van der Waals surface area contributed by atoms with Crippen LogP contribution in [-0.4, -0.2) is 18.8 Å². The molecule has 0 aromatic heterocycles. The normalized spacial score (nSPS) is 29.1. The smallest absolute Gasteiger partial charge is 0.0622 e. The fraction of sp³-hybridized carbons (Fsp3) is 0.875.